The normalized spacial score (nSPS) is 10.8. The number of methoxy groups -OCH3 is 1. The van der Waals surface area contributed by atoms with E-state index in [2.05, 4.69) is 10.6 Å². The van der Waals surface area contributed by atoms with E-state index in [0.29, 0.717) is 11.5 Å². The number of carbonyl (C=O) groups is 1. The highest BCUT2D eigenvalue weighted by Gasteiger charge is 2.14. The molecule has 178 valence electrons. The van der Waals surface area contributed by atoms with Gasteiger partial charge >= 0.3 is 0 Å². The lowest BCUT2D eigenvalue weighted by atomic mass is 10.1. The summed E-state index contributed by atoms with van der Waals surface area (Å²) in [5.74, 6) is 1.05. The molecule has 36 heavy (non-hydrogen) atoms. The van der Waals surface area contributed by atoms with E-state index in [-0.39, 0.29) is 5.91 Å². The number of benzene rings is 4. The van der Waals surface area contributed by atoms with Gasteiger partial charge in [-0.05, 0) is 67.4 Å². The van der Waals surface area contributed by atoms with Crippen LogP contribution in [0.15, 0.2) is 91.0 Å². The summed E-state index contributed by atoms with van der Waals surface area (Å²) in [6, 6.07) is 28.9. The number of amides is 1. The number of carbonyl (C=O) groups excluding carboxylic acids is 1. The van der Waals surface area contributed by atoms with E-state index >= 15 is 0 Å². The molecule has 6 nitrogen and oxygen atoms in total. The number of para-hydroxylation sites is 3. The highest BCUT2D eigenvalue weighted by atomic mass is 16.5. The first-order chi connectivity index (χ1) is 17.5. The zero-order chi connectivity index (χ0) is 25.1. The molecule has 5 rings (SSSR count). The van der Waals surface area contributed by atoms with Crippen molar-refractivity contribution >= 4 is 34.1 Å². The van der Waals surface area contributed by atoms with Crippen LogP contribution in [0.5, 0.6) is 5.75 Å². The van der Waals surface area contributed by atoms with Gasteiger partial charge in [0.25, 0.3) is 5.91 Å². The molecule has 0 atom stereocenters. The fourth-order valence-corrected chi connectivity index (χ4v) is 4.21. The van der Waals surface area contributed by atoms with E-state index in [1.165, 1.54) is 0 Å². The molecule has 0 saturated heterocycles. The number of rotatable bonds is 6. The Morgan fingerprint density at radius 1 is 0.778 bits per heavy atom. The maximum atomic E-state index is 12.8. The molecule has 2 N–H and O–H groups in total. The summed E-state index contributed by atoms with van der Waals surface area (Å²) < 4.78 is 5.58. The van der Waals surface area contributed by atoms with Crippen molar-refractivity contribution in [3.63, 3.8) is 0 Å². The first kappa shape index (κ1) is 23.1. The molecular formula is C30H26N4O2. The molecule has 5 aromatic rings. The summed E-state index contributed by atoms with van der Waals surface area (Å²) in [5.41, 5.74) is 6.74. The van der Waals surface area contributed by atoms with Crippen molar-refractivity contribution in [3.8, 4) is 17.0 Å². The molecule has 6 heteroatoms. The fourth-order valence-electron chi connectivity index (χ4n) is 4.21. The van der Waals surface area contributed by atoms with Crippen LogP contribution in [-0.2, 0) is 0 Å². The number of hydrogen-bond acceptors (Lipinski definition) is 5. The molecule has 0 saturated carbocycles. The number of nitrogens with one attached hydrogen (secondary N) is 2. The lowest BCUT2D eigenvalue weighted by Crippen LogP contribution is -2.13. The first-order valence-electron chi connectivity index (χ1n) is 11.7. The van der Waals surface area contributed by atoms with Crippen LogP contribution < -0.4 is 15.4 Å². The van der Waals surface area contributed by atoms with Crippen molar-refractivity contribution in [3.05, 3.63) is 108 Å². The Morgan fingerprint density at radius 3 is 2.22 bits per heavy atom. The third kappa shape index (κ3) is 4.61. The minimum Gasteiger partial charge on any atom is -0.496 e. The molecule has 0 aliphatic carbocycles. The van der Waals surface area contributed by atoms with Crippen LogP contribution in [0.1, 0.15) is 21.5 Å². The summed E-state index contributed by atoms with van der Waals surface area (Å²) in [4.78, 5) is 22.4. The quantitative estimate of drug-likeness (QED) is 0.279. The Kier molecular flexibility index (Phi) is 6.33. The maximum Gasteiger partial charge on any atom is 0.255 e. The second-order valence-electron chi connectivity index (χ2n) is 8.54. The molecule has 0 bridgehead atoms. The minimum atomic E-state index is -0.153. The summed E-state index contributed by atoms with van der Waals surface area (Å²) in [6.45, 7) is 3.97. The number of hydrogen-bond donors (Lipinski definition) is 2. The third-order valence-corrected chi connectivity index (χ3v) is 6.09. The second-order valence-corrected chi connectivity index (χ2v) is 8.54. The maximum absolute atomic E-state index is 12.8. The summed E-state index contributed by atoms with van der Waals surface area (Å²) in [6.07, 6.45) is 0. The van der Waals surface area contributed by atoms with Gasteiger partial charge in [0, 0.05) is 27.9 Å². The zero-order valence-corrected chi connectivity index (χ0v) is 20.4. The highest BCUT2D eigenvalue weighted by Crippen LogP contribution is 2.34. The van der Waals surface area contributed by atoms with Gasteiger partial charge in [-0.1, -0.05) is 48.5 Å². The van der Waals surface area contributed by atoms with Gasteiger partial charge in [0.2, 0.25) is 5.95 Å². The second kappa shape index (κ2) is 9.88. The van der Waals surface area contributed by atoms with Crippen LogP contribution in [0.2, 0.25) is 0 Å². The molecular weight excluding hydrogens is 448 g/mol. The van der Waals surface area contributed by atoms with Gasteiger partial charge in [-0.25, -0.2) is 9.97 Å². The Bertz CT molecular complexity index is 1540. The molecule has 0 spiro atoms. The number of nitrogens with zero attached hydrogens (tertiary/aromatic N) is 2. The lowest BCUT2D eigenvalue weighted by molar-refractivity contribution is 0.102. The Hall–Kier alpha value is -4.71. The van der Waals surface area contributed by atoms with Crippen LogP contribution in [0.3, 0.4) is 0 Å². The minimum absolute atomic E-state index is 0.153. The van der Waals surface area contributed by atoms with E-state index in [0.717, 1.165) is 50.4 Å². The van der Waals surface area contributed by atoms with E-state index < -0.39 is 0 Å². The number of fused-ring (bicyclic) bond motifs is 1. The van der Waals surface area contributed by atoms with Crippen molar-refractivity contribution in [2.75, 3.05) is 17.7 Å². The molecule has 0 aliphatic heterocycles. The first-order valence-corrected chi connectivity index (χ1v) is 11.7. The van der Waals surface area contributed by atoms with Crippen LogP contribution >= 0.6 is 0 Å². The molecule has 4 aromatic carbocycles. The molecule has 0 radical (unpaired) electrons. The van der Waals surface area contributed by atoms with Crippen molar-refractivity contribution in [1.82, 2.24) is 9.97 Å². The van der Waals surface area contributed by atoms with Gasteiger partial charge in [-0.2, -0.15) is 0 Å². The lowest BCUT2D eigenvalue weighted by Gasteiger charge is -2.13. The number of ether oxygens (including phenoxy) is 1. The number of aryl methyl sites for hydroxylation is 2. The van der Waals surface area contributed by atoms with Crippen molar-refractivity contribution < 1.29 is 9.53 Å². The number of anilines is 3. The third-order valence-electron chi connectivity index (χ3n) is 6.09. The van der Waals surface area contributed by atoms with Crippen LogP contribution in [0.25, 0.3) is 22.2 Å². The monoisotopic (exact) mass is 474 g/mol. The highest BCUT2D eigenvalue weighted by molar-refractivity contribution is 6.05. The van der Waals surface area contributed by atoms with E-state index in [1.54, 1.807) is 19.2 Å². The standard InChI is InChI=1S/C30H26N4O2/c1-19-9-8-10-20(2)27(19)33-29(35)21-15-17-22(18-16-21)31-30-32-25-13-6-4-11-23(25)28(34-30)24-12-5-7-14-26(24)36-3/h4-18H,1-3H3,(H,33,35)(H,31,32,34). The van der Waals surface area contributed by atoms with Crippen molar-refractivity contribution in [1.29, 1.82) is 0 Å². The van der Waals surface area contributed by atoms with Gasteiger partial charge in [0.05, 0.1) is 18.3 Å². The Morgan fingerprint density at radius 2 is 1.47 bits per heavy atom. The SMILES string of the molecule is COc1ccccc1-c1nc(Nc2ccc(C(=O)Nc3c(C)cccc3C)cc2)nc2ccccc12. The predicted octanol–water partition coefficient (Wildman–Crippen LogP) is 6.92. The van der Waals surface area contributed by atoms with Crippen molar-refractivity contribution in [2.45, 2.75) is 13.8 Å². The predicted molar refractivity (Wildman–Crippen MR) is 145 cm³/mol. The molecule has 0 aliphatic rings. The smallest absolute Gasteiger partial charge is 0.255 e. The molecule has 1 aromatic heterocycles. The average Bonchev–Trinajstić information content (AvgIpc) is 2.90. The molecule has 0 unspecified atom stereocenters. The van der Waals surface area contributed by atoms with E-state index in [4.69, 9.17) is 14.7 Å². The van der Waals surface area contributed by atoms with Gasteiger partial charge in [0.1, 0.15) is 5.75 Å². The largest absolute Gasteiger partial charge is 0.496 e. The van der Waals surface area contributed by atoms with E-state index in [9.17, 15) is 4.79 Å². The van der Waals surface area contributed by atoms with Gasteiger partial charge in [0.15, 0.2) is 0 Å². The van der Waals surface area contributed by atoms with E-state index in [1.807, 2.05) is 92.7 Å². The van der Waals surface area contributed by atoms with Crippen LogP contribution in [0, 0.1) is 13.8 Å². The Labute approximate surface area is 210 Å². The zero-order valence-electron chi connectivity index (χ0n) is 20.4. The molecule has 0 fully saturated rings. The summed E-state index contributed by atoms with van der Waals surface area (Å²) in [7, 11) is 1.65. The fraction of sp³-hybridized carbons (Fsp3) is 0.100. The van der Waals surface area contributed by atoms with Gasteiger partial charge in [-0.3, -0.25) is 4.79 Å². The number of aromatic nitrogens is 2. The molecule has 1 heterocycles. The van der Waals surface area contributed by atoms with Gasteiger partial charge < -0.3 is 15.4 Å². The topological polar surface area (TPSA) is 76.1 Å². The Balaban J connectivity index is 1.43. The van der Waals surface area contributed by atoms with Crippen molar-refractivity contribution in [2.24, 2.45) is 0 Å². The average molecular weight is 475 g/mol. The summed E-state index contributed by atoms with van der Waals surface area (Å²) in [5, 5.41) is 7.24. The van der Waals surface area contributed by atoms with Crippen LogP contribution in [-0.4, -0.2) is 23.0 Å². The molecule has 1 amide bonds. The van der Waals surface area contributed by atoms with Crippen LogP contribution in [0.4, 0.5) is 17.3 Å². The summed E-state index contributed by atoms with van der Waals surface area (Å²) >= 11 is 0. The van der Waals surface area contributed by atoms with Gasteiger partial charge in [-0.15, -0.1) is 0 Å².